The molecule has 3 heterocycles. The van der Waals surface area contributed by atoms with Crippen LogP contribution in [-0.2, 0) is 11.2 Å². The van der Waals surface area contributed by atoms with E-state index in [0.29, 0.717) is 12.2 Å². The van der Waals surface area contributed by atoms with Crippen molar-refractivity contribution in [1.82, 2.24) is 19.8 Å². The van der Waals surface area contributed by atoms with E-state index in [-0.39, 0.29) is 12.6 Å². The summed E-state index contributed by atoms with van der Waals surface area (Å²) in [5.74, 6) is 6.75. The van der Waals surface area contributed by atoms with E-state index in [1.165, 1.54) is 0 Å². The first-order valence-electron chi connectivity index (χ1n) is 10.7. The Balaban J connectivity index is 1.76. The summed E-state index contributed by atoms with van der Waals surface area (Å²) < 4.78 is 21.5. The first kappa shape index (κ1) is 22.9. The van der Waals surface area contributed by atoms with Crippen molar-refractivity contribution in [3.05, 3.63) is 29.5 Å². The van der Waals surface area contributed by atoms with Crippen molar-refractivity contribution < 1.29 is 13.9 Å². The van der Waals surface area contributed by atoms with Gasteiger partial charge in [0.2, 0.25) is 0 Å². The van der Waals surface area contributed by atoms with Gasteiger partial charge in [0, 0.05) is 18.7 Å². The second kappa shape index (κ2) is 9.56. The molecule has 1 aliphatic heterocycles. The van der Waals surface area contributed by atoms with Crippen LogP contribution in [0.15, 0.2) is 18.2 Å². The second-order valence-corrected chi connectivity index (χ2v) is 8.86. The number of alkyl halides is 1. The largest absolute Gasteiger partial charge is 0.444 e. The van der Waals surface area contributed by atoms with Gasteiger partial charge in [-0.25, -0.2) is 13.7 Å². The van der Waals surface area contributed by atoms with Gasteiger partial charge in [-0.3, -0.25) is 0 Å². The summed E-state index contributed by atoms with van der Waals surface area (Å²) >= 11 is 0. The molecule has 0 aliphatic carbocycles. The number of nitrogens with one attached hydrogen (secondary N) is 2. The van der Waals surface area contributed by atoms with Gasteiger partial charge in [-0.2, -0.15) is 5.10 Å². The van der Waals surface area contributed by atoms with Crippen molar-refractivity contribution in [3.8, 4) is 11.8 Å². The minimum Gasteiger partial charge on any atom is -0.444 e. The number of pyridine rings is 1. The Morgan fingerprint density at radius 3 is 2.84 bits per heavy atom. The molecule has 2 aromatic rings. The van der Waals surface area contributed by atoms with E-state index in [9.17, 15) is 9.18 Å². The van der Waals surface area contributed by atoms with Crippen molar-refractivity contribution in [2.24, 2.45) is 0 Å². The standard InChI is InChI=1S/C23H32FN5O2/c1-6-16-18(9-8-13-25-22(30)31-23(2,3)4)27-29-20(16)10-7-11-21(29)26-19-12-14-28(5)15-17(19)24/h7,10-11,17,19,26H,6,12-15H2,1-5H3,(H,25,30)/t17-,19+/m0/s1. The van der Waals surface area contributed by atoms with Crippen LogP contribution in [0.4, 0.5) is 15.0 Å². The molecule has 3 rings (SSSR count). The first-order valence-corrected chi connectivity index (χ1v) is 10.7. The Labute approximate surface area is 183 Å². The van der Waals surface area contributed by atoms with Gasteiger partial charge in [-0.1, -0.05) is 18.9 Å². The number of hydrogen-bond donors (Lipinski definition) is 2. The number of likely N-dealkylation sites (tertiary alicyclic amines) is 1. The maximum atomic E-state index is 14.5. The van der Waals surface area contributed by atoms with E-state index in [4.69, 9.17) is 4.74 Å². The van der Waals surface area contributed by atoms with Gasteiger partial charge >= 0.3 is 6.09 Å². The number of fused-ring (bicyclic) bond motifs is 1. The topological polar surface area (TPSA) is 70.9 Å². The van der Waals surface area contributed by atoms with Crippen molar-refractivity contribution in [2.75, 3.05) is 32.0 Å². The average molecular weight is 430 g/mol. The van der Waals surface area contributed by atoms with E-state index in [2.05, 4.69) is 34.5 Å². The lowest BCUT2D eigenvalue weighted by atomic mass is 10.0. The molecule has 2 atom stereocenters. The predicted molar refractivity (Wildman–Crippen MR) is 120 cm³/mol. The zero-order valence-electron chi connectivity index (χ0n) is 19.0. The van der Waals surface area contributed by atoms with Crippen molar-refractivity contribution in [2.45, 2.75) is 58.4 Å². The molecule has 2 N–H and O–H groups in total. The highest BCUT2D eigenvalue weighted by Gasteiger charge is 2.28. The third-order valence-corrected chi connectivity index (χ3v) is 5.12. The molecule has 7 nitrogen and oxygen atoms in total. The Kier molecular flexibility index (Phi) is 7.06. The lowest BCUT2D eigenvalue weighted by Crippen LogP contribution is -2.46. The number of amides is 1. The molecule has 1 amide bonds. The number of anilines is 1. The quantitative estimate of drug-likeness (QED) is 0.731. The number of aryl methyl sites for hydroxylation is 1. The summed E-state index contributed by atoms with van der Waals surface area (Å²) in [6.45, 7) is 8.93. The van der Waals surface area contributed by atoms with Gasteiger partial charge in [0.05, 0.1) is 18.1 Å². The fourth-order valence-electron chi connectivity index (χ4n) is 3.65. The summed E-state index contributed by atoms with van der Waals surface area (Å²) in [5, 5.41) is 10.6. The van der Waals surface area contributed by atoms with Gasteiger partial charge in [0.25, 0.3) is 0 Å². The molecule has 168 valence electrons. The zero-order valence-corrected chi connectivity index (χ0v) is 19.0. The number of carbonyl (C=O) groups is 1. The highest BCUT2D eigenvalue weighted by atomic mass is 19.1. The minimum absolute atomic E-state index is 0.163. The molecule has 8 heteroatoms. The van der Waals surface area contributed by atoms with Gasteiger partial charge in [-0.15, -0.1) is 0 Å². The van der Waals surface area contributed by atoms with Gasteiger partial charge < -0.3 is 20.3 Å². The molecule has 0 saturated carbocycles. The van der Waals surface area contributed by atoms with Crippen LogP contribution in [-0.4, -0.2) is 65.1 Å². The first-order chi connectivity index (χ1) is 14.7. The summed E-state index contributed by atoms with van der Waals surface area (Å²) in [7, 11) is 1.94. The maximum absolute atomic E-state index is 14.5. The van der Waals surface area contributed by atoms with Crippen LogP contribution in [0.1, 0.15) is 45.4 Å². The number of alkyl carbamates (subject to hydrolysis) is 1. The van der Waals surface area contributed by atoms with E-state index in [1.807, 2.05) is 50.9 Å². The minimum atomic E-state index is -0.937. The number of piperidine rings is 1. The molecule has 0 aromatic carbocycles. The number of carbonyl (C=O) groups excluding carboxylic acids is 1. The van der Waals surface area contributed by atoms with Crippen LogP contribution in [0.25, 0.3) is 5.52 Å². The maximum Gasteiger partial charge on any atom is 0.408 e. The number of hydrogen-bond acceptors (Lipinski definition) is 5. The van der Waals surface area contributed by atoms with Crippen LogP contribution in [0.3, 0.4) is 0 Å². The van der Waals surface area contributed by atoms with Crippen LogP contribution >= 0.6 is 0 Å². The van der Waals surface area contributed by atoms with Crippen LogP contribution in [0, 0.1) is 11.8 Å². The molecular weight excluding hydrogens is 397 g/mol. The van der Waals surface area contributed by atoms with Crippen LogP contribution in [0.2, 0.25) is 0 Å². The third-order valence-electron chi connectivity index (χ3n) is 5.12. The summed E-state index contributed by atoms with van der Waals surface area (Å²) in [5.41, 5.74) is 2.07. The van der Waals surface area contributed by atoms with Gasteiger partial charge in [-0.05, 0) is 58.7 Å². The van der Waals surface area contributed by atoms with Crippen molar-refractivity contribution in [3.63, 3.8) is 0 Å². The smallest absolute Gasteiger partial charge is 0.408 e. The zero-order chi connectivity index (χ0) is 22.6. The molecule has 1 fully saturated rings. The molecule has 0 radical (unpaired) electrons. The highest BCUT2D eigenvalue weighted by Crippen LogP contribution is 2.23. The van der Waals surface area contributed by atoms with E-state index < -0.39 is 17.9 Å². The van der Waals surface area contributed by atoms with Crippen molar-refractivity contribution >= 4 is 17.4 Å². The predicted octanol–water partition coefficient (Wildman–Crippen LogP) is 3.23. The van der Waals surface area contributed by atoms with E-state index in [1.54, 1.807) is 4.52 Å². The number of aromatic nitrogens is 2. The number of halogens is 1. The Bertz CT molecular complexity index is 985. The normalized spacial score (nSPS) is 19.5. The van der Waals surface area contributed by atoms with E-state index >= 15 is 0 Å². The Hall–Kier alpha value is -2.79. The molecule has 2 aromatic heterocycles. The lowest BCUT2D eigenvalue weighted by molar-refractivity contribution is 0.0535. The molecule has 0 spiro atoms. The number of rotatable bonds is 4. The van der Waals surface area contributed by atoms with Gasteiger partial charge in [0.15, 0.2) is 0 Å². The highest BCUT2D eigenvalue weighted by molar-refractivity contribution is 5.68. The number of ether oxygens (including phenoxy) is 1. The van der Waals surface area contributed by atoms with Crippen LogP contribution < -0.4 is 10.6 Å². The SMILES string of the molecule is CCc1c(C#CCNC(=O)OC(C)(C)C)nn2c(N[C@@H]3CCN(C)C[C@@H]3F)cccc12. The molecule has 0 unspecified atom stereocenters. The molecule has 31 heavy (non-hydrogen) atoms. The monoisotopic (exact) mass is 429 g/mol. The fourth-order valence-corrected chi connectivity index (χ4v) is 3.65. The molecular formula is C23H32FN5O2. The van der Waals surface area contributed by atoms with Crippen molar-refractivity contribution in [1.29, 1.82) is 0 Å². The van der Waals surface area contributed by atoms with Gasteiger partial charge in [0.1, 0.15) is 23.3 Å². The lowest BCUT2D eigenvalue weighted by Gasteiger charge is -2.33. The summed E-state index contributed by atoms with van der Waals surface area (Å²) in [6, 6.07) is 5.60. The Morgan fingerprint density at radius 1 is 1.39 bits per heavy atom. The van der Waals surface area contributed by atoms with Crippen LogP contribution in [0.5, 0.6) is 0 Å². The molecule has 1 saturated heterocycles. The number of nitrogens with zero attached hydrogens (tertiary/aromatic N) is 3. The van der Waals surface area contributed by atoms with E-state index in [0.717, 1.165) is 36.3 Å². The molecule has 0 bridgehead atoms. The summed E-state index contributed by atoms with van der Waals surface area (Å²) in [6.07, 6.45) is 0.0568. The third kappa shape index (κ3) is 5.88. The average Bonchev–Trinajstić information content (AvgIpc) is 3.04. The fraction of sp³-hybridized carbons (Fsp3) is 0.565. The second-order valence-electron chi connectivity index (χ2n) is 8.86. The molecule has 1 aliphatic rings. The Morgan fingerprint density at radius 2 is 2.16 bits per heavy atom. The summed E-state index contributed by atoms with van der Waals surface area (Å²) in [4.78, 5) is 13.8.